The van der Waals surface area contributed by atoms with E-state index in [1.54, 1.807) is 11.8 Å². The van der Waals surface area contributed by atoms with E-state index in [1.807, 2.05) is 30.5 Å². The molecule has 0 bridgehead atoms. The van der Waals surface area contributed by atoms with Crippen LogP contribution >= 0.6 is 0 Å². The molecule has 10 nitrogen and oxygen atoms in total. The fourth-order valence-corrected chi connectivity index (χ4v) is 6.44. The van der Waals surface area contributed by atoms with E-state index in [-0.39, 0.29) is 11.5 Å². The van der Waals surface area contributed by atoms with Gasteiger partial charge >= 0.3 is 0 Å². The van der Waals surface area contributed by atoms with Crippen molar-refractivity contribution in [2.24, 2.45) is 5.73 Å². The highest BCUT2D eigenvalue weighted by atomic mass is 16.4. The van der Waals surface area contributed by atoms with Crippen molar-refractivity contribution in [2.75, 3.05) is 22.9 Å². The van der Waals surface area contributed by atoms with Crippen molar-refractivity contribution >= 4 is 45.2 Å². The first-order valence-corrected chi connectivity index (χ1v) is 16.4. The Morgan fingerprint density at radius 2 is 1.59 bits per heavy atom. The maximum absolute atomic E-state index is 13.7. The normalized spacial score (nSPS) is 12.1. The number of H-pyrrole nitrogens is 1. The highest BCUT2D eigenvalue weighted by Gasteiger charge is 2.24. The van der Waals surface area contributed by atoms with E-state index in [4.69, 9.17) is 20.6 Å². The van der Waals surface area contributed by atoms with Crippen LogP contribution in [-0.2, 0) is 35.6 Å². The molecule has 4 aromatic carbocycles. The summed E-state index contributed by atoms with van der Waals surface area (Å²) in [6, 6.07) is 31.3. The molecule has 0 fully saturated rings. The number of carboxylic acid groups (broad SMARTS) is 1. The number of nitrogens with zero attached hydrogens (tertiary/aromatic N) is 4. The van der Waals surface area contributed by atoms with E-state index < -0.39 is 5.97 Å². The quantitative estimate of drug-likeness (QED) is 0.171. The minimum absolute atomic E-state index is 0.00492. The number of anilines is 2. The van der Waals surface area contributed by atoms with Gasteiger partial charge in [0.05, 0.1) is 11.0 Å². The average Bonchev–Trinajstić information content (AvgIpc) is 3.67. The largest absolute Gasteiger partial charge is 0.481 e. The first-order chi connectivity index (χ1) is 23.7. The molecule has 1 aliphatic rings. The smallest absolute Gasteiger partial charge is 0.300 e. The summed E-state index contributed by atoms with van der Waals surface area (Å²) in [6.45, 7) is 6.08. The van der Waals surface area contributed by atoms with Gasteiger partial charge in [0.15, 0.2) is 0 Å². The van der Waals surface area contributed by atoms with Gasteiger partial charge in [-0.2, -0.15) is 0 Å². The second kappa shape index (κ2) is 14.6. The molecule has 0 spiro atoms. The zero-order valence-electron chi connectivity index (χ0n) is 27.7. The third-order valence-electron chi connectivity index (χ3n) is 8.69. The lowest BCUT2D eigenvalue weighted by molar-refractivity contribution is -0.134. The third-order valence-corrected chi connectivity index (χ3v) is 8.69. The lowest BCUT2D eigenvalue weighted by Gasteiger charge is -2.26. The molecule has 1 aliphatic heterocycles. The SMILES string of the molecule is CC(=O)N1CCc2cc3nc(-c4cn(CCCN)c5ccc(N(Cc6ccccc6)Cc6ccccc6)cc45)c(=O)[nH]c3cc21.CC(=O)O. The van der Waals surface area contributed by atoms with Gasteiger partial charge in [-0.25, -0.2) is 4.98 Å². The van der Waals surface area contributed by atoms with Crippen molar-refractivity contribution in [1.29, 1.82) is 0 Å². The van der Waals surface area contributed by atoms with Crippen molar-refractivity contribution < 1.29 is 14.7 Å². The Kier molecular flexibility index (Phi) is 9.87. The molecule has 7 rings (SSSR count). The highest BCUT2D eigenvalue weighted by Crippen LogP contribution is 2.35. The number of hydrogen-bond donors (Lipinski definition) is 3. The molecule has 0 radical (unpaired) electrons. The van der Waals surface area contributed by atoms with Crippen LogP contribution in [0, 0.1) is 0 Å². The lowest BCUT2D eigenvalue weighted by atomic mass is 10.1. The number of aromatic amines is 1. The highest BCUT2D eigenvalue weighted by molar-refractivity contribution is 5.99. The fraction of sp³-hybridized carbons (Fsp3) is 0.231. The molecule has 0 aliphatic carbocycles. The van der Waals surface area contributed by atoms with Crippen LogP contribution in [0.1, 0.15) is 37.0 Å². The zero-order valence-corrected chi connectivity index (χ0v) is 27.7. The van der Waals surface area contributed by atoms with Gasteiger partial charge in [-0.05, 0) is 66.4 Å². The van der Waals surface area contributed by atoms with Crippen LogP contribution in [0.15, 0.2) is 102 Å². The number of aliphatic carboxylic acids is 1. The maximum Gasteiger partial charge on any atom is 0.300 e. The predicted molar refractivity (Wildman–Crippen MR) is 195 cm³/mol. The molecule has 0 saturated heterocycles. The van der Waals surface area contributed by atoms with Gasteiger partial charge in [0.2, 0.25) is 5.91 Å². The summed E-state index contributed by atoms with van der Waals surface area (Å²) < 4.78 is 2.18. The second-order valence-corrected chi connectivity index (χ2v) is 12.3. The van der Waals surface area contributed by atoms with Crippen molar-refractivity contribution in [3.05, 3.63) is 124 Å². The Labute approximate surface area is 284 Å². The Balaban J connectivity index is 0.000000989. The van der Waals surface area contributed by atoms with Gasteiger partial charge in [-0.3, -0.25) is 14.4 Å². The minimum Gasteiger partial charge on any atom is -0.481 e. The Morgan fingerprint density at radius 3 is 2.20 bits per heavy atom. The molecule has 10 heteroatoms. The summed E-state index contributed by atoms with van der Waals surface area (Å²) in [4.78, 5) is 47.0. The topological polar surface area (TPSA) is 138 Å². The van der Waals surface area contributed by atoms with E-state index in [1.165, 1.54) is 11.1 Å². The van der Waals surface area contributed by atoms with Gasteiger partial charge in [0, 0.05) is 74.1 Å². The first-order valence-electron chi connectivity index (χ1n) is 16.4. The Bertz CT molecular complexity index is 2130. The number of aryl methyl sites for hydroxylation is 1. The minimum atomic E-state index is -0.833. The van der Waals surface area contributed by atoms with Crippen LogP contribution < -0.4 is 21.1 Å². The number of amides is 1. The molecule has 1 amide bonds. The Morgan fingerprint density at radius 1 is 0.939 bits per heavy atom. The molecular formula is C39H40N6O4. The van der Waals surface area contributed by atoms with Gasteiger partial charge in [-0.1, -0.05) is 60.7 Å². The first kappa shape index (κ1) is 33.2. The van der Waals surface area contributed by atoms with Crippen LogP contribution in [0.2, 0.25) is 0 Å². The van der Waals surface area contributed by atoms with E-state index in [2.05, 4.69) is 81.2 Å². The van der Waals surface area contributed by atoms with Crippen LogP contribution in [-0.4, -0.2) is 44.6 Å². The van der Waals surface area contributed by atoms with E-state index >= 15 is 0 Å². The fourth-order valence-electron chi connectivity index (χ4n) is 6.44. The number of fused-ring (bicyclic) bond motifs is 3. The van der Waals surface area contributed by atoms with Gasteiger partial charge in [-0.15, -0.1) is 0 Å². The molecule has 250 valence electrons. The van der Waals surface area contributed by atoms with Crippen LogP contribution in [0.3, 0.4) is 0 Å². The molecule has 6 aromatic rings. The molecular weight excluding hydrogens is 616 g/mol. The molecule has 0 atom stereocenters. The average molecular weight is 657 g/mol. The molecule has 4 N–H and O–H groups in total. The van der Waals surface area contributed by atoms with Gasteiger partial charge < -0.3 is 30.2 Å². The van der Waals surface area contributed by atoms with Crippen molar-refractivity contribution in [3.8, 4) is 11.3 Å². The van der Waals surface area contributed by atoms with E-state index in [0.29, 0.717) is 29.8 Å². The molecule has 0 unspecified atom stereocenters. The lowest BCUT2D eigenvalue weighted by Crippen LogP contribution is -2.25. The molecule has 2 aromatic heterocycles. The summed E-state index contributed by atoms with van der Waals surface area (Å²) >= 11 is 0. The summed E-state index contributed by atoms with van der Waals surface area (Å²) in [5.41, 5.74) is 14.6. The number of carboxylic acids is 1. The van der Waals surface area contributed by atoms with Crippen LogP contribution in [0.25, 0.3) is 33.2 Å². The van der Waals surface area contributed by atoms with E-state index in [0.717, 1.165) is 72.8 Å². The third kappa shape index (κ3) is 7.39. The molecule has 49 heavy (non-hydrogen) atoms. The number of hydrogen-bond acceptors (Lipinski definition) is 6. The number of aromatic nitrogens is 3. The zero-order chi connectivity index (χ0) is 34.5. The van der Waals surface area contributed by atoms with E-state index in [9.17, 15) is 9.59 Å². The Hall–Kier alpha value is -5.74. The van der Waals surface area contributed by atoms with Gasteiger partial charge in [0.1, 0.15) is 5.69 Å². The number of rotatable bonds is 9. The molecule has 3 heterocycles. The standard InChI is InChI=1S/C37H36N6O2.C2H4O2/c1-25(44)43-18-15-28-19-32-33(21-35(28)43)40-37(45)36(39-32)31-24-41(17-8-16-38)34-14-13-29(20-30(31)34)42(22-26-9-4-2-5-10-26)23-27-11-6-3-7-12-27;1-2(3)4/h2-7,9-14,19-21,24H,8,15-18,22-23,38H2,1H3,(H,40,45);1H3,(H,3,4). The summed E-state index contributed by atoms with van der Waals surface area (Å²) in [6.07, 6.45) is 3.62. The monoisotopic (exact) mass is 656 g/mol. The van der Waals surface area contributed by atoms with Crippen LogP contribution in [0.4, 0.5) is 11.4 Å². The van der Waals surface area contributed by atoms with Crippen LogP contribution in [0.5, 0.6) is 0 Å². The number of benzene rings is 4. The number of nitrogens with two attached hydrogens (primary N) is 1. The van der Waals surface area contributed by atoms with Crippen molar-refractivity contribution in [2.45, 2.75) is 46.3 Å². The maximum atomic E-state index is 13.7. The molecule has 0 saturated carbocycles. The van der Waals surface area contributed by atoms with Crippen molar-refractivity contribution in [3.63, 3.8) is 0 Å². The number of nitrogens with one attached hydrogen (secondary N) is 1. The van der Waals surface area contributed by atoms with Gasteiger partial charge in [0.25, 0.3) is 11.5 Å². The number of carbonyl (C=O) groups is 2. The second-order valence-electron chi connectivity index (χ2n) is 12.3. The predicted octanol–water partition coefficient (Wildman–Crippen LogP) is 6.10. The number of carbonyl (C=O) groups excluding carboxylic acids is 1. The summed E-state index contributed by atoms with van der Waals surface area (Å²) in [7, 11) is 0. The summed E-state index contributed by atoms with van der Waals surface area (Å²) in [5, 5.41) is 8.39. The van der Waals surface area contributed by atoms with Crippen molar-refractivity contribution in [1.82, 2.24) is 14.5 Å². The summed E-state index contributed by atoms with van der Waals surface area (Å²) in [5.74, 6) is -0.838.